The molecule has 2 aliphatic heterocycles. The lowest BCUT2D eigenvalue weighted by atomic mass is 10.0. The summed E-state index contributed by atoms with van der Waals surface area (Å²) in [5, 5.41) is 6.93. The van der Waals surface area contributed by atoms with Crippen LogP contribution >= 0.6 is 24.0 Å². The first-order chi connectivity index (χ1) is 12.0. The molecular formula is C19H40IN5O. The second-order valence-electron chi connectivity index (χ2n) is 8.10. The molecule has 2 rings (SSSR count). The van der Waals surface area contributed by atoms with Crippen LogP contribution in [0.3, 0.4) is 0 Å². The van der Waals surface area contributed by atoms with Gasteiger partial charge in [-0.15, -0.1) is 24.0 Å². The number of ether oxygens (including phenoxy) is 1. The monoisotopic (exact) mass is 481 g/mol. The third kappa shape index (κ3) is 8.27. The maximum atomic E-state index is 5.47. The summed E-state index contributed by atoms with van der Waals surface area (Å²) >= 11 is 0. The highest BCUT2D eigenvalue weighted by molar-refractivity contribution is 14.0. The molecule has 2 fully saturated rings. The fourth-order valence-corrected chi connectivity index (χ4v) is 3.62. The standard InChI is InChI=1S/C19H39N5O.HI/c1-5-20-18(21-14-17(2)15-23-8-6-7-9-23)22-16-19(3,4)24-10-12-25-13-11-24;/h17H,5-16H2,1-4H3,(H2,20,21,22);1H. The highest BCUT2D eigenvalue weighted by Crippen LogP contribution is 2.16. The Bertz CT molecular complexity index is 407. The van der Waals surface area contributed by atoms with Crippen LogP contribution in [-0.2, 0) is 4.74 Å². The highest BCUT2D eigenvalue weighted by atomic mass is 127. The van der Waals surface area contributed by atoms with Crippen molar-refractivity contribution in [3.8, 4) is 0 Å². The van der Waals surface area contributed by atoms with Crippen molar-refractivity contribution in [2.24, 2.45) is 10.9 Å². The Labute approximate surface area is 177 Å². The molecule has 0 aromatic rings. The molecule has 0 amide bonds. The van der Waals surface area contributed by atoms with Gasteiger partial charge in [0, 0.05) is 38.3 Å². The molecule has 0 radical (unpaired) electrons. The van der Waals surface area contributed by atoms with Crippen LogP contribution in [-0.4, -0.2) is 86.9 Å². The number of morpholine rings is 1. The van der Waals surface area contributed by atoms with E-state index in [1.807, 2.05) is 0 Å². The largest absolute Gasteiger partial charge is 0.379 e. The molecule has 2 heterocycles. The van der Waals surface area contributed by atoms with E-state index in [9.17, 15) is 0 Å². The minimum atomic E-state index is 0. The number of rotatable bonds is 8. The molecule has 0 aromatic heterocycles. The van der Waals surface area contributed by atoms with Crippen molar-refractivity contribution < 1.29 is 4.74 Å². The fraction of sp³-hybridized carbons (Fsp3) is 0.947. The van der Waals surface area contributed by atoms with E-state index >= 15 is 0 Å². The molecule has 154 valence electrons. The molecule has 0 spiro atoms. The van der Waals surface area contributed by atoms with Crippen LogP contribution in [0.15, 0.2) is 4.99 Å². The van der Waals surface area contributed by atoms with Crippen LogP contribution in [0.5, 0.6) is 0 Å². The molecule has 0 aromatic carbocycles. The summed E-state index contributed by atoms with van der Waals surface area (Å²) in [5.74, 6) is 1.58. The van der Waals surface area contributed by atoms with Crippen LogP contribution in [0.4, 0.5) is 0 Å². The van der Waals surface area contributed by atoms with Crippen molar-refractivity contribution >= 4 is 29.9 Å². The number of halogens is 1. The van der Waals surface area contributed by atoms with E-state index in [0.717, 1.165) is 51.9 Å². The number of nitrogens with zero attached hydrogens (tertiary/aromatic N) is 3. The third-order valence-corrected chi connectivity index (χ3v) is 5.22. The zero-order valence-corrected chi connectivity index (χ0v) is 19.6. The Hall–Kier alpha value is -0.120. The van der Waals surface area contributed by atoms with E-state index in [4.69, 9.17) is 9.73 Å². The predicted molar refractivity (Wildman–Crippen MR) is 121 cm³/mol. The Balaban J connectivity index is 0.00000338. The van der Waals surface area contributed by atoms with Gasteiger partial charge in [0.1, 0.15) is 0 Å². The van der Waals surface area contributed by atoms with E-state index < -0.39 is 0 Å². The summed E-state index contributed by atoms with van der Waals surface area (Å²) in [6.45, 7) is 19.1. The molecule has 1 atom stereocenters. The van der Waals surface area contributed by atoms with Crippen LogP contribution in [0.2, 0.25) is 0 Å². The van der Waals surface area contributed by atoms with Crippen molar-refractivity contribution in [2.75, 3.05) is 65.6 Å². The smallest absolute Gasteiger partial charge is 0.191 e. The normalized spacial score (nSPS) is 21.3. The van der Waals surface area contributed by atoms with Gasteiger partial charge >= 0.3 is 0 Å². The van der Waals surface area contributed by atoms with Gasteiger partial charge in [-0.3, -0.25) is 9.89 Å². The van der Waals surface area contributed by atoms with Gasteiger partial charge in [0.25, 0.3) is 0 Å². The average Bonchev–Trinajstić information content (AvgIpc) is 3.11. The molecule has 2 N–H and O–H groups in total. The van der Waals surface area contributed by atoms with Crippen LogP contribution in [0.25, 0.3) is 0 Å². The number of likely N-dealkylation sites (tertiary alicyclic amines) is 1. The van der Waals surface area contributed by atoms with E-state index in [2.05, 4.69) is 48.1 Å². The van der Waals surface area contributed by atoms with Gasteiger partial charge in [-0.25, -0.2) is 0 Å². The van der Waals surface area contributed by atoms with Gasteiger partial charge in [0.05, 0.1) is 19.8 Å². The van der Waals surface area contributed by atoms with E-state index in [1.54, 1.807) is 0 Å². The summed E-state index contributed by atoms with van der Waals surface area (Å²) < 4.78 is 5.47. The van der Waals surface area contributed by atoms with E-state index in [0.29, 0.717) is 5.92 Å². The molecule has 0 saturated carbocycles. The first-order valence-corrected chi connectivity index (χ1v) is 10.1. The van der Waals surface area contributed by atoms with Crippen LogP contribution < -0.4 is 10.6 Å². The van der Waals surface area contributed by atoms with Gasteiger partial charge in [0.2, 0.25) is 0 Å². The average molecular weight is 481 g/mol. The molecule has 7 heteroatoms. The van der Waals surface area contributed by atoms with Gasteiger partial charge in [-0.1, -0.05) is 6.92 Å². The van der Waals surface area contributed by atoms with Gasteiger partial charge in [-0.05, 0) is 52.6 Å². The molecule has 26 heavy (non-hydrogen) atoms. The molecule has 0 aliphatic carbocycles. The second kappa shape index (κ2) is 12.4. The Morgan fingerprint density at radius 3 is 2.38 bits per heavy atom. The highest BCUT2D eigenvalue weighted by Gasteiger charge is 2.28. The molecule has 2 saturated heterocycles. The Kier molecular flexibility index (Phi) is 11.4. The van der Waals surface area contributed by atoms with Gasteiger partial charge in [-0.2, -0.15) is 0 Å². The lowest BCUT2D eigenvalue weighted by Crippen LogP contribution is -2.52. The van der Waals surface area contributed by atoms with Crippen molar-refractivity contribution in [2.45, 2.75) is 46.1 Å². The Morgan fingerprint density at radius 1 is 1.12 bits per heavy atom. The molecule has 2 aliphatic rings. The zero-order chi connectivity index (χ0) is 18.1. The third-order valence-electron chi connectivity index (χ3n) is 5.22. The molecule has 1 unspecified atom stereocenters. The van der Waals surface area contributed by atoms with Crippen LogP contribution in [0, 0.1) is 5.92 Å². The van der Waals surface area contributed by atoms with Gasteiger partial charge in [0.15, 0.2) is 5.96 Å². The summed E-state index contributed by atoms with van der Waals surface area (Å²) in [7, 11) is 0. The topological polar surface area (TPSA) is 52.1 Å². The van der Waals surface area contributed by atoms with E-state index in [1.165, 1.54) is 32.5 Å². The first kappa shape index (κ1) is 23.9. The maximum absolute atomic E-state index is 5.47. The van der Waals surface area contributed by atoms with Crippen molar-refractivity contribution in [1.29, 1.82) is 0 Å². The molecule has 6 nitrogen and oxygen atoms in total. The summed E-state index contributed by atoms with van der Waals surface area (Å²) in [6, 6.07) is 0. The number of hydrogen-bond donors (Lipinski definition) is 2. The Morgan fingerprint density at radius 2 is 1.77 bits per heavy atom. The van der Waals surface area contributed by atoms with Crippen LogP contribution in [0.1, 0.15) is 40.5 Å². The van der Waals surface area contributed by atoms with Crippen molar-refractivity contribution in [3.63, 3.8) is 0 Å². The predicted octanol–water partition coefficient (Wildman–Crippen LogP) is 2.00. The first-order valence-electron chi connectivity index (χ1n) is 10.1. The second-order valence-corrected chi connectivity index (χ2v) is 8.10. The van der Waals surface area contributed by atoms with Crippen molar-refractivity contribution in [3.05, 3.63) is 0 Å². The number of guanidine groups is 1. The summed E-state index contributed by atoms with van der Waals surface area (Å²) in [4.78, 5) is 9.93. The fourth-order valence-electron chi connectivity index (χ4n) is 3.62. The quantitative estimate of drug-likeness (QED) is 0.316. The number of aliphatic imine (C=N–C) groups is 1. The lowest BCUT2D eigenvalue weighted by Gasteiger charge is -2.40. The maximum Gasteiger partial charge on any atom is 0.191 e. The minimum absolute atomic E-state index is 0. The SMILES string of the molecule is CCNC(=NCC(C)(C)N1CCOCC1)NCC(C)CN1CCCC1.I. The zero-order valence-electron chi connectivity index (χ0n) is 17.2. The van der Waals surface area contributed by atoms with Crippen molar-refractivity contribution in [1.82, 2.24) is 20.4 Å². The molecular weight excluding hydrogens is 441 g/mol. The molecule has 0 bridgehead atoms. The summed E-state index contributed by atoms with van der Waals surface area (Å²) in [6.07, 6.45) is 2.72. The van der Waals surface area contributed by atoms with E-state index in [-0.39, 0.29) is 29.5 Å². The lowest BCUT2D eigenvalue weighted by molar-refractivity contribution is -0.00683. The van der Waals surface area contributed by atoms with Gasteiger partial charge < -0.3 is 20.3 Å². The number of nitrogens with one attached hydrogen (secondary N) is 2. The minimum Gasteiger partial charge on any atom is -0.379 e. The summed E-state index contributed by atoms with van der Waals surface area (Å²) in [5.41, 5.74) is 0.0628. The number of hydrogen-bond acceptors (Lipinski definition) is 4.